The van der Waals surface area contributed by atoms with Crippen molar-refractivity contribution in [3.05, 3.63) is 99.2 Å². The number of carbonyl (C=O) groups is 1. The number of terminal acetylenes is 1. The molecule has 1 aliphatic rings. The minimum Gasteiger partial charge on any atom is -0.344 e. The van der Waals surface area contributed by atoms with Crippen LogP contribution in [-0.4, -0.2) is 40.0 Å². The summed E-state index contributed by atoms with van der Waals surface area (Å²) in [6.45, 7) is 3.57. The molecule has 0 aliphatic heterocycles. The van der Waals surface area contributed by atoms with E-state index in [1.807, 2.05) is 42.5 Å². The second-order valence-corrected chi connectivity index (χ2v) is 11.4. The summed E-state index contributed by atoms with van der Waals surface area (Å²) in [5.41, 5.74) is 3.58. The first-order chi connectivity index (χ1) is 20.2. The van der Waals surface area contributed by atoms with Crippen LogP contribution in [0.5, 0.6) is 0 Å². The molecule has 12 heteroatoms. The predicted molar refractivity (Wildman–Crippen MR) is 160 cm³/mol. The average Bonchev–Trinajstić information content (AvgIpc) is 3.56. The monoisotopic (exact) mass is 581 g/mol. The Morgan fingerprint density at radius 3 is 2.64 bits per heavy atom. The zero-order valence-corrected chi connectivity index (χ0v) is 23.7. The molecule has 0 spiro atoms. The van der Waals surface area contributed by atoms with E-state index in [4.69, 9.17) is 6.42 Å². The molecule has 1 amide bonds. The lowest BCUT2D eigenvalue weighted by molar-refractivity contribution is 0.0941. The van der Waals surface area contributed by atoms with Crippen molar-refractivity contribution < 1.29 is 13.2 Å². The van der Waals surface area contributed by atoms with Crippen LogP contribution in [-0.2, 0) is 23.1 Å². The summed E-state index contributed by atoms with van der Waals surface area (Å²) in [6.07, 6.45) is 10.3. The molecule has 5 aromatic rings. The van der Waals surface area contributed by atoms with Gasteiger partial charge in [-0.05, 0) is 60.5 Å². The number of fused-ring (bicyclic) bond motifs is 1. The van der Waals surface area contributed by atoms with E-state index in [1.165, 1.54) is 10.7 Å². The minimum atomic E-state index is -4.00. The highest BCUT2D eigenvalue weighted by molar-refractivity contribution is 7.90. The van der Waals surface area contributed by atoms with Crippen LogP contribution >= 0.6 is 0 Å². The highest BCUT2D eigenvalue weighted by atomic mass is 32.2. The lowest BCUT2D eigenvalue weighted by Gasteiger charge is -2.24. The summed E-state index contributed by atoms with van der Waals surface area (Å²) < 4.78 is 32.7. The third kappa shape index (κ3) is 4.49. The molecule has 0 radical (unpaired) electrons. The van der Waals surface area contributed by atoms with E-state index in [-0.39, 0.29) is 29.1 Å². The van der Waals surface area contributed by atoms with Crippen LogP contribution < -0.4 is 20.3 Å². The summed E-state index contributed by atoms with van der Waals surface area (Å²) in [4.78, 5) is 32.3. The fourth-order valence-corrected chi connectivity index (χ4v) is 6.53. The van der Waals surface area contributed by atoms with Crippen LogP contribution in [0.15, 0.2) is 65.7 Å². The largest absolute Gasteiger partial charge is 0.344 e. The molecular formula is C30H27N7O4S. The highest BCUT2D eigenvalue weighted by Gasteiger charge is 2.31. The van der Waals surface area contributed by atoms with Crippen molar-refractivity contribution >= 4 is 38.4 Å². The van der Waals surface area contributed by atoms with Crippen molar-refractivity contribution in [2.45, 2.75) is 32.7 Å². The number of anilines is 1. The molecule has 0 saturated carbocycles. The van der Waals surface area contributed by atoms with Gasteiger partial charge in [0.2, 0.25) is 0 Å². The summed E-state index contributed by atoms with van der Waals surface area (Å²) in [7, 11) is -4.00. The third-order valence-corrected chi connectivity index (χ3v) is 8.45. The molecule has 0 bridgehead atoms. The maximum atomic E-state index is 14.2. The Morgan fingerprint density at radius 1 is 1.12 bits per heavy atom. The summed E-state index contributed by atoms with van der Waals surface area (Å²) >= 11 is 0. The quantitative estimate of drug-likeness (QED) is 0.241. The standard InChI is InChI=1S/C30H27N7O4S/c1-4-19-12-13-20-14-15-22-23(20)24(19)30(39)37(21-10-7-6-8-11-21)26(22)18(3)33-29(38)25-27(35-42(40,41)32-5-2)34-36-17-9-16-31-28(25)36/h1,6-13,16-18,32H,5,14-15H2,2-3H3,(H,33,38)(H,34,35)/t18-/m0/s1. The molecule has 1 atom stereocenters. The maximum absolute atomic E-state index is 14.2. The van der Waals surface area contributed by atoms with E-state index in [9.17, 15) is 18.0 Å². The zero-order valence-electron chi connectivity index (χ0n) is 22.9. The van der Waals surface area contributed by atoms with Gasteiger partial charge in [0, 0.05) is 30.2 Å². The molecule has 0 saturated heterocycles. The van der Waals surface area contributed by atoms with Crippen molar-refractivity contribution in [1.29, 1.82) is 0 Å². The number of amides is 1. The zero-order chi connectivity index (χ0) is 29.6. The second kappa shape index (κ2) is 10.4. The van der Waals surface area contributed by atoms with Gasteiger partial charge in [0.15, 0.2) is 11.5 Å². The second-order valence-electron chi connectivity index (χ2n) is 9.92. The lowest BCUT2D eigenvalue weighted by atomic mass is 9.97. The van der Waals surface area contributed by atoms with E-state index in [0.717, 1.165) is 22.9 Å². The number of nitrogens with zero attached hydrogens (tertiary/aromatic N) is 4. The molecule has 3 N–H and O–H groups in total. The third-order valence-electron chi connectivity index (χ3n) is 7.32. The fourth-order valence-electron chi connectivity index (χ4n) is 5.68. The van der Waals surface area contributed by atoms with E-state index in [2.05, 4.69) is 30.8 Å². The van der Waals surface area contributed by atoms with Crippen molar-refractivity contribution in [2.75, 3.05) is 11.3 Å². The number of aryl methyl sites for hydroxylation is 2. The topological polar surface area (TPSA) is 139 Å². The van der Waals surface area contributed by atoms with Gasteiger partial charge in [0.05, 0.1) is 17.1 Å². The Labute approximate surface area is 241 Å². The Balaban J connectivity index is 1.51. The Kier molecular flexibility index (Phi) is 6.76. The fraction of sp³-hybridized carbons (Fsp3) is 0.200. The number of aromatic nitrogens is 4. The van der Waals surface area contributed by atoms with Gasteiger partial charge in [0.25, 0.3) is 21.7 Å². The summed E-state index contributed by atoms with van der Waals surface area (Å²) in [5, 5.41) is 8.56. The number of para-hydroxylation sites is 1. The van der Waals surface area contributed by atoms with Crippen LogP contribution in [0.1, 0.15) is 52.6 Å². The number of rotatable bonds is 8. The first-order valence-corrected chi connectivity index (χ1v) is 14.9. The van der Waals surface area contributed by atoms with Crippen molar-refractivity contribution in [2.24, 2.45) is 0 Å². The van der Waals surface area contributed by atoms with Gasteiger partial charge in [-0.2, -0.15) is 13.1 Å². The average molecular weight is 582 g/mol. The number of hydrogen-bond donors (Lipinski definition) is 3. The molecule has 3 aromatic heterocycles. The molecule has 0 unspecified atom stereocenters. The van der Waals surface area contributed by atoms with Gasteiger partial charge < -0.3 is 5.32 Å². The van der Waals surface area contributed by atoms with E-state index < -0.39 is 22.2 Å². The molecule has 3 heterocycles. The molecule has 11 nitrogen and oxygen atoms in total. The van der Waals surface area contributed by atoms with Crippen LogP contribution in [0.2, 0.25) is 0 Å². The molecule has 2 aromatic carbocycles. The molecular weight excluding hydrogens is 554 g/mol. The highest BCUT2D eigenvalue weighted by Crippen LogP contribution is 2.36. The smallest absolute Gasteiger partial charge is 0.300 e. The normalized spacial score (nSPS) is 13.3. The molecule has 6 rings (SSSR count). The number of nitrogens with one attached hydrogen (secondary N) is 3. The van der Waals surface area contributed by atoms with E-state index in [1.54, 1.807) is 30.7 Å². The Hall–Kier alpha value is -4.99. The van der Waals surface area contributed by atoms with Crippen molar-refractivity contribution in [3.63, 3.8) is 0 Å². The summed E-state index contributed by atoms with van der Waals surface area (Å²) in [5.74, 6) is 1.87. The first-order valence-electron chi connectivity index (χ1n) is 13.4. The van der Waals surface area contributed by atoms with Gasteiger partial charge in [-0.15, -0.1) is 11.5 Å². The van der Waals surface area contributed by atoms with Crippen molar-refractivity contribution in [1.82, 2.24) is 29.2 Å². The van der Waals surface area contributed by atoms with Gasteiger partial charge in [0.1, 0.15) is 5.56 Å². The molecule has 42 heavy (non-hydrogen) atoms. The number of hydrogen-bond acceptors (Lipinski definition) is 6. The van der Waals surface area contributed by atoms with Crippen LogP contribution in [0.4, 0.5) is 5.82 Å². The Morgan fingerprint density at radius 2 is 1.90 bits per heavy atom. The predicted octanol–water partition coefficient (Wildman–Crippen LogP) is 2.87. The number of pyridine rings is 1. The van der Waals surface area contributed by atoms with Crippen molar-refractivity contribution in [3.8, 4) is 18.0 Å². The van der Waals surface area contributed by atoms with Gasteiger partial charge >= 0.3 is 0 Å². The number of benzene rings is 2. The summed E-state index contributed by atoms with van der Waals surface area (Å²) in [6, 6.07) is 13.9. The minimum absolute atomic E-state index is 0.0509. The molecule has 1 aliphatic carbocycles. The maximum Gasteiger partial charge on any atom is 0.300 e. The molecule has 212 valence electrons. The van der Waals surface area contributed by atoms with Gasteiger partial charge in [-0.25, -0.2) is 9.50 Å². The van der Waals surface area contributed by atoms with Crippen LogP contribution in [0, 0.1) is 12.3 Å². The lowest BCUT2D eigenvalue weighted by Crippen LogP contribution is -2.34. The van der Waals surface area contributed by atoms with Crippen LogP contribution in [0.25, 0.3) is 22.1 Å². The molecule has 0 fully saturated rings. The Bertz CT molecular complexity index is 2090. The SMILES string of the molecule is C#Cc1ccc2c3c(c([C@H](C)NC(=O)c4c(NS(=O)(=O)NCC)nn5cccnc45)n(-c4ccccc4)c(=O)c13)CC2. The first kappa shape index (κ1) is 27.2. The van der Waals surface area contributed by atoms with Gasteiger partial charge in [-0.1, -0.05) is 37.1 Å². The van der Waals surface area contributed by atoms with E-state index >= 15 is 0 Å². The van der Waals surface area contributed by atoms with Crippen LogP contribution in [0.3, 0.4) is 0 Å². The van der Waals surface area contributed by atoms with Gasteiger partial charge in [-0.3, -0.25) is 18.9 Å². The number of carbonyl (C=O) groups excluding carboxylic acids is 1. The van der Waals surface area contributed by atoms with E-state index in [0.29, 0.717) is 28.8 Å².